The van der Waals surface area contributed by atoms with Crippen molar-refractivity contribution >= 4 is 6.29 Å². The van der Waals surface area contributed by atoms with Crippen LogP contribution in [0.25, 0.3) is 0 Å². The van der Waals surface area contributed by atoms with Crippen molar-refractivity contribution < 1.29 is 23.0 Å². The van der Waals surface area contributed by atoms with Crippen LogP contribution in [0.1, 0.15) is 10.4 Å². The Hall–Kier alpha value is -1.65. The van der Waals surface area contributed by atoms with Gasteiger partial charge in [0.05, 0.1) is 0 Å². The summed E-state index contributed by atoms with van der Waals surface area (Å²) in [5.74, 6) is 0.251. The summed E-state index contributed by atoms with van der Waals surface area (Å²) in [6.45, 7) is -2.03. The largest absolute Gasteiger partial charge is 0.463 e. The van der Waals surface area contributed by atoms with Gasteiger partial charge in [-0.1, -0.05) is 0 Å². The molecular formula is C9H8F2O3. The topological polar surface area (TPSA) is 35.5 Å². The molecule has 14 heavy (non-hydrogen) atoms. The lowest BCUT2D eigenvalue weighted by molar-refractivity contribution is 0.112. The summed E-state index contributed by atoms with van der Waals surface area (Å²) < 4.78 is 32.6. The first-order chi connectivity index (χ1) is 6.80. The van der Waals surface area contributed by atoms with Gasteiger partial charge < -0.3 is 9.47 Å². The maximum absolute atomic E-state index is 11.8. The van der Waals surface area contributed by atoms with Gasteiger partial charge in [0.25, 0.3) is 0 Å². The average Bonchev–Trinajstić information content (AvgIpc) is 2.18. The van der Waals surface area contributed by atoms with E-state index in [1.165, 1.54) is 18.2 Å². The Kier molecular flexibility index (Phi) is 3.84. The predicted molar refractivity (Wildman–Crippen MR) is 45.0 cm³/mol. The fraction of sp³-hybridized carbons (Fsp3) is 0.222. The third-order valence-electron chi connectivity index (χ3n) is 1.48. The number of carbonyl (C=O) groups is 1. The number of ether oxygens (including phenoxy) is 2. The number of carbonyl (C=O) groups excluding carboxylic acids is 1. The van der Waals surface area contributed by atoms with E-state index < -0.39 is 13.7 Å². The molecule has 0 aliphatic rings. The first-order valence-corrected chi connectivity index (χ1v) is 3.78. The second-order valence-electron chi connectivity index (χ2n) is 2.36. The van der Waals surface area contributed by atoms with E-state index in [-0.39, 0.29) is 17.1 Å². The molecule has 0 atom stereocenters. The molecule has 0 aromatic heterocycles. The molecule has 0 saturated heterocycles. The van der Waals surface area contributed by atoms with Crippen molar-refractivity contribution in [3.05, 3.63) is 23.8 Å². The summed E-state index contributed by atoms with van der Waals surface area (Å²) in [5, 5.41) is 0. The van der Waals surface area contributed by atoms with Gasteiger partial charge in [0.1, 0.15) is 17.8 Å². The van der Waals surface area contributed by atoms with Gasteiger partial charge in [0, 0.05) is 11.6 Å². The van der Waals surface area contributed by atoms with Gasteiger partial charge in [0.15, 0.2) is 0 Å². The molecule has 0 radical (unpaired) electrons. The third kappa shape index (κ3) is 2.69. The smallest absolute Gasteiger partial charge is 0.228 e. The van der Waals surface area contributed by atoms with E-state index in [0.717, 1.165) is 0 Å². The molecule has 0 bridgehead atoms. The number of hydrogen-bond donors (Lipinski definition) is 0. The van der Waals surface area contributed by atoms with Crippen molar-refractivity contribution in [3.63, 3.8) is 0 Å². The van der Waals surface area contributed by atoms with Crippen LogP contribution in [0.2, 0.25) is 0 Å². The second-order valence-corrected chi connectivity index (χ2v) is 2.36. The summed E-state index contributed by atoms with van der Waals surface area (Å²) in [7, 11) is 0. The van der Waals surface area contributed by atoms with Crippen molar-refractivity contribution in [2.45, 2.75) is 0 Å². The van der Waals surface area contributed by atoms with Crippen LogP contribution in [0.3, 0.4) is 0 Å². The van der Waals surface area contributed by atoms with Gasteiger partial charge in [-0.15, -0.1) is 0 Å². The molecular weight excluding hydrogens is 194 g/mol. The molecule has 0 N–H and O–H groups in total. The maximum atomic E-state index is 11.8. The Morgan fingerprint density at radius 2 is 1.57 bits per heavy atom. The molecule has 5 heteroatoms. The molecule has 0 heterocycles. The molecule has 0 aliphatic carbocycles. The molecule has 1 aromatic rings. The Morgan fingerprint density at radius 3 is 1.93 bits per heavy atom. The third-order valence-corrected chi connectivity index (χ3v) is 1.48. The van der Waals surface area contributed by atoms with Crippen molar-refractivity contribution in [2.24, 2.45) is 0 Å². The Balaban J connectivity index is 2.94. The van der Waals surface area contributed by atoms with Crippen molar-refractivity contribution in [2.75, 3.05) is 13.7 Å². The minimum Gasteiger partial charge on any atom is -0.463 e. The lowest BCUT2D eigenvalue weighted by atomic mass is 10.2. The number of hydrogen-bond acceptors (Lipinski definition) is 3. The normalized spacial score (nSPS) is 9.57. The number of aldehydes is 1. The minimum absolute atomic E-state index is 0.126. The van der Waals surface area contributed by atoms with Gasteiger partial charge in [-0.2, -0.15) is 0 Å². The van der Waals surface area contributed by atoms with E-state index in [2.05, 4.69) is 9.47 Å². The van der Waals surface area contributed by atoms with Crippen LogP contribution < -0.4 is 9.47 Å². The SMILES string of the molecule is O=Cc1cc(OCF)cc(OCF)c1. The molecule has 1 rings (SSSR count). The molecule has 0 unspecified atom stereocenters. The Bertz CT molecular complexity index is 291. The Morgan fingerprint density at radius 1 is 1.07 bits per heavy atom. The fourth-order valence-electron chi connectivity index (χ4n) is 0.954. The van der Waals surface area contributed by atoms with E-state index >= 15 is 0 Å². The highest BCUT2D eigenvalue weighted by molar-refractivity contribution is 5.76. The monoisotopic (exact) mass is 202 g/mol. The van der Waals surface area contributed by atoms with Gasteiger partial charge in [-0.25, -0.2) is 8.78 Å². The highest BCUT2D eigenvalue weighted by atomic mass is 19.1. The predicted octanol–water partition coefficient (Wildman–Crippen LogP) is 2.11. The van der Waals surface area contributed by atoms with Crippen LogP contribution in [0.5, 0.6) is 11.5 Å². The first-order valence-electron chi connectivity index (χ1n) is 3.78. The van der Waals surface area contributed by atoms with Crippen LogP contribution >= 0.6 is 0 Å². The number of benzene rings is 1. The zero-order chi connectivity index (χ0) is 10.4. The van der Waals surface area contributed by atoms with E-state index in [1.807, 2.05) is 0 Å². The molecule has 3 nitrogen and oxygen atoms in total. The van der Waals surface area contributed by atoms with Crippen LogP contribution in [-0.4, -0.2) is 20.0 Å². The standard InChI is InChI=1S/C9H8F2O3/c10-5-13-8-1-7(4-12)2-9(3-8)14-6-11/h1-4H,5-6H2. The fourth-order valence-corrected chi connectivity index (χ4v) is 0.954. The summed E-state index contributed by atoms with van der Waals surface area (Å²) in [6.07, 6.45) is 0.538. The van der Waals surface area contributed by atoms with Gasteiger partial charge in [-0.05, 0) is 12.1 Å². The van der Waals surface area contributed by atoms with E-state index in [1.54, 1.807) is 0 Å². The minimum atomic E-state index is -1.02. The zero-order valence-electron chi connectivity index (χ0n) is 7.20. The van der Waals surface area contributed by atoms with E-state index in [9.17, 15) is 13.6 Å². The van der Waals surface area contributed by atoms with Crippen molar-refractivity contribution in [1.29, 1.82) is 0 Å². The zero-order valence-corrected chi connectivity index (χ0v) is 7.20. The number of alkyl halides is 2. The summed E-state index contributed by atoms with van der Waals surface area (Å²) >= 11 is 0. The van der Waals surface area contributed by atoms with Gasteiger partial charge in [-0.3, -0.25) is 4.79 Å². The summed E-state index contributed by atoms with van der Waals surface area (Å²) in [4.78, 5) is 10.4. The van der Waals surface area contributed by atoms with Gasteiger partial charge >= 0.3 is 0 Å². The van der Waals surface area contributed by atoms with Crippen LogP contribution in [0.15, 0.2) is 18.2 Å². The summed E-state index contributed by atoms with van der Waals surface area (Å²) in [6, 6.07) is 3.96. The molecule has 0 aliphatic heterocycles. The molecule has 1 aromatic carbocycles. The quantitative estimate of drug-likeness (QED) is 0.686. The van der Waals surface area contributed by atoms with Crippen LogP contribution in [0.4, 0.5) is 8.78 Å². The number of rotatable bonds is 5. The summed E-state index contributed by atoms with van der Waals surface area (Å²) in [5.41, 5.74) is 0.236. The highest BCUT2D eigenvalue weighted by Crippen LogP contribution is 2.22. The van der Waals surface area contributed by atoms with Crippen molar-refractivity contribution in [3.8, 4) is 11.5 Å². The molecule has 76 valence electrons. The average molecular weight is 202 g/mol. The van der Waals surface area contributed by atoms with Crippen LogP contribution in [0, 0.1) is 0 Å². The lowest BCUT2D eigenvalue weighted by Gasteiger charge is -2.05. The first kappa shape index (κ1) is 10.4. The molecule has 0 amide bonds. The second kappa shape index (κ2) is 5.16. The van der Waals surface area contributed by atoms with Gasteiger partial charge in [0.2, 0.25) is 13.7 Å². The maximum Gasteiger partial charge on any atom is 0.228 e. The van der Waals surface area contributed by atoms with E-state index in [4.69, 9.17) is 0 Å². The number of halogens is 2. The molecule has 0 saturated carbocycles. The highest BCUT2D eigenvalue weighted by Gasteiger charge is 2.02. The Labute approximate surface area is 79.2 Å². The molecule has 0 spiro atoms. The van der Waals surface area contributed by atoms with Crippen molar-refractivity contribution in [1.82, 2.24) is 0 Å². The van der Waals surface area contributed by atoms with Crippen LogP contribution in [-0.2, 0) is 0 Å². The molecule has 0 fully saturated rings. The lowest BCUT2D eigenvalue weighted by Crippen LogP contribution is -1.95. The van der Waals surface area contributed by atoms with E-state index in [0.29, 0.717) is 6.29 Å².